The second kappa shape index (κ2) is 9.21. The van der Waals surface area contributed by atoms with Crippen LogP contribution in [0.3, 0.4) is 0 Å². The Bertz CT molecular complexity index is 919. The third-order valence-corrected chi connectivity index (χ3v) is 7.01. The van der Waals surface area contributed by atoms with Gasteiger partial charge in [-0.2, -0.15) is 0 Å². The monoisotopic (exact) mass is 419 g/mol. The topological polar surface area (TPSA) is 62.3 Å². The van der Waals surface area contributed by atoms with Crippen LogP contribution in [0, 0.1) is 17.3 Å². The largest absolute Gasteiger partial charge is 0.356 e. The number of hydrogen-bond acceptors (Lipinski definition) is 3. The summed E-state index contributed by atoms with van der Waals surface area (Å²) >= 11 is 0. The number of nitrogens with zero attached hydrogens (tertiary/aromatic N) is 2. The maximum atomic E-state index is 13.4. The number of carbonyl (C=O) groups excluding carboxylic acids is 2. The molecule has 2 atom stereocenters. The van der Waals surface area contributed by atoms with Crippen LogP contribution in [-0.4, -0.2) is 41.3 Å². The molecular formula is C26H33N3O2. The van der Waals surface area contributed by atoms with Crippen molar-refractivity contribution in [2.45, 2.75) is 46.0 Å². The SMILES string of the molecule is CCCNC(=O)C1(Cc2ccccc2-c2ccncc2)CCN(C(=O)C2CC2C)CC1. The van der Waals surface area contributed by atoms with Crippen LogP contribution in [0.5, 0.6) is 0 Å². The van der Waals surface area contributed by atoms with Crippen molar-refractivity contribution in [3.05, 3.63) is 54.4 Å². The minimum Gasteiger partial charge on any atom is -0.356 e. The summed E-state index contributed by atoms with van der Waals surface area (Å²) < 4.78 is 0. The molecule has 1 saturated carbocycles. The Morgan fingerprint density at radius 3 is 2.45 bits per heavy atom. The quantitative estimate of drug-likeness (QED) is 0.735. The fraction of sp³-hybridized carbons (Fsp3) is 0.500. The molecule has 1 aromatic heterocycles. The molecular weight excluding hydrogens is 386 g/mol. The van der Waals surface area contributed by atoms with E-state index in [2.05, 4.69) is 36.3 Å². The molecule has 1 aromatic carbocycles. The number of carbonyl (C=O) groups is 2. The molecule has 164 valence electrons. The minimum atomic E-state index is -0.482. The molecule has 0 radical (unpaired) electrons. The molecule has 1 aliphatic carbocycles. The summed E-state index contributed by atoms with van der Waals surface area (Å²) in [5, 5.41) is 3.16. The number of nitrogens with one attached hydrogen (secondary N) is 1. The van der Waals surface area contributed by atoms with E-state index >= 15 is 0 Å². The smallest absolute Gasteiger partial charge is 0.226 e. The van der Waals surface area contributed by atoms with Crippen molar-refractivity contribution in [2.75, 3.05) is 19.6 Å². The zero-order valence-corrected chi connectivity index (χ0v) is 18.6. The third kappa shape index (κ3) is 4.65. The van der Waals surface area contributed by atoms with Gasteiger partial charge >= 0.3 is 0 Å². The zero-order chi connectivity index (χ0) is 21.8. The van der Waals surface area contributed by atoms with E-state index in [0.717, 1.165) is 24.0 Å². The van der Waals surface area contributed by atoms with Crippen molar-refractivity contribution in [1.29, 1.82) is 0 Å². The Morgan fingerprint density at radius 2 is 1.81 bits per heavy atom. The van der Waals surface area contributed by atoms with Gasteiger partial charge in [-0.05, 0) is 66.8 Å². The molecule has 31 heavy (non-hydrogen) atoms. The minimum absolute atomic E-state index is 0.130. The average molecular weight is 420 g/mol. The van der Waals surface area contributed by atoms with Gasteiger partial charge in [0.15, 0.2) is 0 Å². The molecule has 2 aromatic rings. The summed E-state index contributed by atoms with van der Waals surface area (Å²) in [7, 11) is 0. The Kier molecular flexibility index (Phi) is 6.40. The lowest BCUT2D eigenvalue weighted by molar-refractivity contribution is -0.141. The normalized spacial score (nSPS) is 22.1. The van der Waals surface area contributed by atoms with Gasteiger partial charge in [-0.25, -0.2) is 0 Å². The standard InChI is InChI=1S/C26H33N3O2/c1-3-12-28-25(31)26(10-15-29(16-11-26)24(30)23-17-19(23)2)18-21-6-4-5-7-22(21)20-8-13-27-14-9-20/h4-9,13-14,19,23H,3,10-12,15-18H2,1-2H3,(H,28,31). The van der Waals surface area contributed by atoms with Crippen molar-refractivity contribution in [2.24, 2.45) is 17.3 Å². The maximum Gasteiger partial charge on any atom is 0.226 e. The first-order chi connectivity index (χ1) is 15.0. The lowest BCUT2D eigenvalue weighted by Crippen LogP contribution is -2.51. The number of amides is 2. The number of aromatic nitrogens is 1. The molecule has 0 bridgehead atoms. The number of hydrogen-bond donors (Lipinski definition) is 1. The fourth-order valence-corrected chi connectivity index (χ4v) is 4.82. The van der Waals surface area contributed by atoms with Crippen molar-refractivity contribution in [1.82, 2.24) is 15.2 Å². The first-order valence-corrected chi connectivity index (χ1v) is 11.6. The van der Waals surface area contributed by atoms with E-state index in [4.69, 9.17) is 0 Å². The molecule has 1 aliphatic heterocycles. The van der Waals surface area contributed by atoms with Crippen LogP contribution in [0.15, 0.2) is 48.8 Å². The van der Waals surface area contributed by atoms with Crippen LogP contribution in [0.2, 0.25) is 0 Å². The molecule has 2 amide bonds. The van der Waals surface area contributed by atoms with Gasteiger partial charge in [-0.3, -0.25) is 14.6 Å². The van der Waals surface area contributed by atoms with Gasteiger partial charge in [0.25, 0.3) is 0 Å². The van der Waals surface area contributed by atoms with Gasteiger partial charge in [0, 0.05) is 37.9 Å². The predicted octanol–water partition coefficient (Wildman–Crippen LogP) is 4.08. The summed E-state index contributed by atoms with van der Waals surface area (Å²) in [6.07, 6.45) is 7.64. The van der Waals surface area contributed by atoms with Crippen molar-refractivity contribution < 1.29 is 9.59 Å². The highest BCUT2D eigenvalue weighted by Gasteiger charge is 2.46. The van der Waals surface area contributed by atoms with Crippen LogP contribution in [0.25, 0.3) is 11.1 Å². The van der Waals surface area contributed by atoms with E-state index < -0.39 is 5.41 Å². The van der Waals surface area contributed by atoms with Gasteiger partial charge < -0.3 is 10.2 Å². The van der Waals surface area contributed by atoms with E-state index in [1.165, 1.54) is 5.56 Å². The molecule has 5 nitrogen and oxygen atoms in total. The van der Waals surface area contributed by atoms with Crippen LogP contribution >= 0.6 is 0 Å². The molecule has 5 heteroatoms. The van der Waals surface area contributed by atoms with Crippen molar-refractivity contribution >= 4 is 11.8 Å². The van der Waals surface area contributed by atoms with Gasteiger partial charge in [0.05, 0.1) is 5.41 Å². The summed E-state index contributed by atoms with van der Waals surface area (Å²) in [5.74, 6) is 1.13. The van der Waals surface area contributed by atoms with Crippen molar-refractivity contribution in [3.63, 3.8) is 0 Å². The molecule has 2 heterocycles. The lowest BCUT2D eigenvalue weighted by atomic mass is 9.72. The van der Waals surface area contributed by atoms with Crippen LogP contribution in [0.1, 0.15) is 45.1 Å². The van der Waals surface area contributed by atoms with E-state index in [1.54, 1.807) is 12.4 Å². The molecule has 1 saturated heterocycles. The molecule has 2 fully saturated rings. The first kappa shape index (κ1) is 21.5. The van der Waals surface area contributed by atoms with E-state index in [-0.39, 0.29) is 17.7 Å². The van der Waals surface area contributed by atoms with E-state index in [0.29, 0.717) is 44.8 Å². The maximum absolute atomic E-state index is 13.4. The second-order valence-electron chi connectivity index (χ2n) is 9.25. The van der Waals surface area contributed by atoms with Gasteiger partial charge in [0.1, 0.15) is 0 Å². The zero-order valence-electron chi connectivity index (χ0n) is 18.6. The predicted molar refractivity (Wildman–Crippen MR) is 122 cm³/mol. The average Bonchev–Trinajstić information content (AvgIpc) is 3.55. The van der Waals surface area contributed by atoms with E-state index in [9.17, 15) is 9.59 Å². The van der Waals surface area contributed by atoms with Crippen molar-refractivity contribution in [3.8, 4) is 11.1 Å². The summed E-state index contributed by atoms with van der Waals surface area (Å²) in [4.78, 5) is 32.3. The summed E-state index contributed by atoms with van der Waals surface area (Å²) in [6.45, 7) is 6.24. The summed E-state index contributed by atoms with van der Waals surface area (Å²) in [5.41, 5.74) is 2.96. The number of likely N-dealkylation sites (tertiary alicyclic amines) is 1. The fourth-order valence-electron chi connectivity index (χ4n) is 4.82. The van der Waals surface area contributed by atoms with Gasteiger partial charge in [0.2, 0.25) is 11.8 Å². The number of rotatable bonds is 7. The third-order valence-electron chi connectivity index (χ3n) is 7.01. The molecule has 2 unspecified atom stereocenters. The first-order valence-electron chi connectivity index (χ1n) is 11.6. The molecule has 2 aliphatic rings. The van der Waals surface area contributed by atoms with E-state index in [1.807, 2.05) is 29.2 Å². The molecule has 1 N–H and O–H groups in total. The second-order valence-corrected chi connectivity index (χ2v) is 9.25. The number of benzene rings is 1. The highest BCUT2D eigenvalue weighted by Crippen LogP contribution is 2.42. The lowest BCUT2D eigenvalue weighted by Gasteiger charge is -2.41. The number of piperidine rings is 1. The van der Waals surface area contributed by atoms with Crippen LogP contribution in [-0.2, 0) is 16.0 Å². The Morgan fingerprint density at radius 1 is 1.13 bits per heavy atom. The van der Waals surface area contributed by atoms with Gasteiger partial charge in [-0.1, -0.05) is 38.1 Å². The van der Waals surface area contributed by atoms with Crippen LogP contribution in [0.4, 0.5) is 0 Å². The Hall–Kier alpha value is -2.69. The highest BCUT2D eigenvalue weighted by molar-refractivity contribution is 5.85. The molecule has 4 rings (SSSR count). The Balaban J connectivity index is 1.57. The molecule has 0 spiro atoms. The Labute approximate surface area is 185 Å². The summed E-state index contributed by atoms with van der Waals surface area (Å²) in [6, 6.07) is 12.4. The van der Waals surface area contributed by atoms with Crippen LogP contribution < -0.4 is 5.32 Å². The highest BCUT2D eigenvalue weighted by atomic mass is 16.2. The number of pyridine rings is 1. The van der Waals surface area contributed by atoms with Gasteiger partial charge in [-0.15, -0.1) is 0 Å².